The summed E-state index contributed by atoms with van der Waals surface area (Å²) in [7, 11) is 0. The summed E-state index contributed by atoms with van der Waals surface area (Å²) in [6.07, 6.45) is 1.26. The number of halogens is 2. The summed E-state index contributed by atoms with van der Waals surface area (Å²) >= 11 is 0. The highest BCUT2D eigenvalue weighted by Crippen LogP contribution is 2.20. The van der Waals surface area contributed by atoms with E-state index >= 15 is 0 Å². The van der Waals surface area contributed by atoms with Crippen molar-refractivity contribution < 1.29 is 13.3 Å². The molecule has 0 spiro atoms. The fraction of sp³-hybridized carbons (Fsp3) is 0.333. The lowest BCUT2D eigenvalue weighted by Gasteiger charge is -2.02. The van der Waals surface area contributed by atoms with E-state index in [2.05, 4.69) is 10.1 Å². The van der Waals surface area contributed by atoms with Crippen LogP contribution < -0.4 is 5.73 Å². The zero-order valence-corrected chi connectivity index (χ0v) is 9.86. The molecule has 0 saturated carbocycles. The molecule has 2 rings (SSSR count). The lowest BCUT2D eigenvalue weighted by molar-refractivity contribution is 0.418. The molecule has 0 aliphatic rings. The molecule has 1 aromatic heterocycles. The summed E-state index contributed by atoms with van der Waals surface area (Å²) in [6.45, 7) is 1.95. The standard InChI is InChI=1S/C12H13F2N3O/c1-2-10(15)6-11-16-12(18-17-11)7-3-8(13)5-9(14)4-7/h3-5,10H,2,6,15H2,1H3. The van der Waals surface area contributed by atoms with Crippen molar-refractivity contribution in [3.63, 3.8) is 0 Å². The number of nitrogens with zero attached hydrogens (tertiary/aromatic N) is 2. The van der Waals surface area contributed by atoms with E-state index in [1.165, 1.54) is 0 Å². The van der Waals surface area contributed by atoms with Crippen LogP contribution in [0, 0.1) is 11.6 Å². The number of aromatic nitrogens is 2. The van der Waals surface area contributed by atoms with Crippen molar-refractivity contribution in [2.24, 2.45) is 5.73 Å². The maximum Gasteiger partial charge on any atom is 0.258 e. The minimum atomic E-state index is -0.685. The van der Waals surface area contributed by atoms with E-state index in [0.29, 0.717) is 12.2 Å². The van der Waals surface area contributed by atoms with E-state index < -0.39 is 11.6 Å². The molecule has 6 heteroatoms. The number of nitrogens with two attached hydrogens (primary N) is 1. The van der Waals surface area contributed by atoms with Crippen LogP contribution in [0.4, 0.5) is 8.78 Å². The molecule has 1 heterocycles. The molecule has 4 nitrogen and oxygen atoms in total. The molecule has 0 aliphatic heterocycles. The number of hydrogen-bond acceptors (Lipinski definition) is 4. The Morgan fingerprint density at radius 2 is 1.94 bits per heavy atom. The zero-order valence-electron chi connectivity index (χ0n) is 9.86. The SMILES string of the molecule is CCC(N)Cc1noc(-c2cc(F)cc(F)c2)n1. The van der Waals surface area contributed by atoms with Gasteiger partial charge in [0.1, 0.15) is 11.6 Å². The van der Waals surface area contributed by atoms with Crippen molar-refractivity contribution in [1.29, 1.82) is 0 Å². The molecule has 2 N–H and O–H groups in total. The maximum atomic E-state index is 13.0. The van der Waals surface area contributed by atoms with Gasteiger partial charge in [-0.25, -0.2) is 8.78 Å². The third kappa shape index (κ3) is 2.89. The first-order chi connectivity index (χ1) is 8.58. The summed E-state index contributed by atoms with van der Waals surface area (Å²) in [5.41, 5.74) is 5.98. The van der Waals surface area contributed by atoms with Gasteiger partial charge < -0.3 is 10.3 Å². The fourth-order valence-electron chi connectivity index (χ4n) is 1.51. The molecule has 0 aliphatic carbocycles. The van der Waals surface area contributed by atoms with E-state index in [1.807, 2.05) is 6.92 Å². The van der Waals surface area contributed by atoms with Crippen molar-refractivity contribution in [2.45, 2.75) is 25.8 Å². The van der Waals surface area contributed by atoms with E-state index in [9.17, 15) is 8.78 Å². The number of benzene rings is 1. The van der Waals surface area contributed by atoms with Crippen molar-refractivity contribution in [3.8, 4) is 11.5 Å². The van der Waals surface area contributed by atoms with E-state index in [-0.39, 0.29) is 17.5 Å². The van der Waals surface area contributed by atoms with Gasteiger partial charge in [0, 0.05) is 24.1 Å². The zero-order chi connectivity index (χ0) is 13.1. The van der Waals surface area contributed by atoms with Gasteiger partial charge in [0.15, 0.2) is 5.82 Å². The lowest BCUT2D eigenvalue weighted by atomic mass is 10.1. The quantitative estimate of drug-likeness (QED) is 0.907. The Morgan fingerprint density at radius 3 is 2.56 bits per heavy atom. The average molecular weight is 253 g/mol. The van der Waals surface area contributed by atoms with E-state index in [0.717, 1.165) is 24.6 Å². The summed E-state index contributed by atoms with van der Waals surface area (Å²) in [6, 6.07) is 3.01. The molecule has 96 valence electrons. The third-order valence-corrected chi connectivity index (χ3v) is 2.55. The minimum absolute atomic E-state index is 0.0558. The number of hydrogen-bond donors (Lipinski definition) is 1. The summed E-state index contributed by atoms with van der Waals surface area (Å²) in [4.78, 5) is 4.06. The van der Waals surface area contributed by atoms with Gasteiger partial charge in [0.05, 0.1) is 0 Å². The van der Waals surface area contributed by atoms with Crippen LogP contribution in [0.3, 0.4) is 0 Å². The second kappa shape index (κ2) is 5.22. The highest BCUT2D eigenvalue weighted by atomic mass is 19.1. The monoisotopic (exact) mass is 253 g/mol. The Morgan fingerprint density at radius 1 is 1.28 bits per heavy atom. The van der Waals surface area contributed by atoms with Crippen LogP contribution in [-0.2, 0) is 6.42 Å². The van der Waals surface area contributed by atoms with Crippen molar-refractivity contribution in [2.75, 3.05) is 0 Å². The minimum Gasteiger partial charge on any atom is -0.334 e. The first-order valence-corrected chi connectivity index (χ1v) is 5.63. The Hall–Kier alpha value is -1.82. The summed E-state index contributed by atoms with van der Waals surface area (Å²) < 4.78 is 31.0. The summed E-state index contributed by atoms with van der Waals surface area (Å²) in [5.74, 6) is -0.847. The van der Waals surface area contributed by atoms with Crippen LogP contribution in [0.25, 0.3) is 11.5 Å². The molecule has 0 radical (unpaired) electrons. The van der Waals surface area contributed by atoms with Crippen LogP contribution in [0.2, 0.25) is 0 Å². The Labute approximate surface area is 103 Å². The Balaban J connectivity index is 2.23. The lowest BCUT2D eigenvalue weighted by Crippen LogP contribution is -2.21. The van der Waals surface area contributed by atoms with Gasteiger partial charge in [-0.15, -0.1) is 0 Å². The topological polar surface area (TPSA) is 64.9 Å². The fourth-order valence-corrected chi connectivity index (χ4v) is 1.51. The molecule has 0 bridgehead atoms. The highest BCUT2D eigenvalue weighted by Gasteiger charge is 2.13. The summed E-state index contributed by atoms with van der Waals surface area (Å²) in [5, 5.41) is 3.73. The van der Waals surface area contributed by atoms with Gasteiger partial charge in [-0.2, -0.15) is 4.98 Å². The molecule has 0 amide bonds. The second-order valence-corrected chi connectivity index (χ2v) is 4.05. The predicted octanol–water partition coefficient (Wildman–Crippen LogP) is 2.29. The molecule has 1 atom stereocenters. The first-order valence-electron chi connectivity index (χ1n) is 5.63. The van der Waals surface area contributed by atoms with Gasteiger partial charge in [0.2, 0.25) is 0 Å². The van der Waals surface area contributed by atoms with Crippen LogP contribution >= 0.6 is 0 Å². The van der Waals surface area contributed by atoms with Crippen LogP contribution in [-0.4, -0.2) is 16.2 Å². The van der Waals surface area contributed by atoms with Crippen LogP contribution in [0.15, 0.2) is 22.7 Å². The molecule has 0 fully saturated rings. The van der Waals surface area contributed by atoms with Crippen LogP contribution in [0.1, 0.15) is 19.2 Å². The highest BCUT2D eigenvalue weighted by molar-refractivity contribution is 5.52. The molecule has 1 aromatic carbocycles. The van der Waals surface area contributed by atoms with Gasteiger partial charge in [-0.05, 0) is 18.6 Å². The molecule has 18 heavy (non-hydrogen) atoms. The van der Waals surface area contributed by atoms with E-state index in [4.69, 9.17) is 10.3 Å². The predicted molar refractivity (Wildman–Crippen MR) is 61.6 cm³/mol. The second-order valence-electron chi connectivity index (χ2n) is 4.05. The molecule has 1 unspecified atom stereocenters. The van der Waals surface area contributed by atoms with Crippen molar-refractivity contribution in [3.05, 3.63) is 35.7 Å². The van der Waals surface area contributed by atoms with Crippen molar-refractivity contribution in [1.82, 2.24) is 10.1 Å². The van der Waals surface area contributed by atoms with Gasteiger partial charge in [0.25, 0.3) is 5.89 Å². The maximum absolute atomic E-state index is 13.0. The Bertz CT molecular complexity index is 522. The largest absolute Gasteiger partial charge is 0.334 e. The Kier molecular flexibility index (Phi) is 3.66. The number of rotatable bonds is 4. The van der Waals surface area contributed by atoms with Crippen molar-refractivity contribution >= 4 is 0 Å². The van der Waals surface area contributed by atoms with Gasteiger partial charge in [-0.3, -0.25) is 0 Å². The smallest absolute Gasteiger partial charge is 0.258 e. The third-order valence-electron chi connectivity index (χ3n) is 2.55. The van der Waals surface area contributed by atoms with Gasteiger partial charge >= 0.3 is 0 Å². The first kappa shape index (κ1) is 12.6. The average Bonchev–Trinajstić information content (AvgIpc) is 2.76. The molecular weight excluding hydrogens is 240 g/mol. The van der Waals surface area contributed by atoms with E-state index in [1.54, 1.807) is 0 Å². The molecular formula is C12H13F2N3O. The van der Waals surface area contributed by atoms with Crippen LogP contribution in [0.5, 0.6) is 0 Å². The van der Waals surface area contributed by atoms with Gasteiger partial charge in [-0.1, -0.05) is 12.1 Å². The molecule has 2 aromatic rings. The normalized spacial score (nSPS) is 12.7. The molecule has 0 saturated heterocycles.